The fraction of sp³-hybridized carbons (Fsp3) is 0.560. The van der Waals surface area contributed by atoms with Crippen molar-refractivity contribution < 1.29 is 24.1 Å². The first kappa shape index (κ1) is 25.5. The number of fused-ring (bicyclic) bond motifs is 1. The summed E-state index contributed by atoms with van der Waals surface area (Å²) in [5.74, 6) is 1.38. The van der Waals surface area contributed by atoms with Crippen LogP contribution in [0.15, 0.2) is 35.7 Å². The van der Waals surface area contributed by atoms with Crippen LogP contribution in [0.3, 0.4) is 0 Å². The molecule has 1 aromatic heterocycles. The number of benzene rings is 1. The third kappa shape index (κ3) is 6.93. The smallest absolute Gasteiger partial charge is 0.237 e. The van der Waals surface area contributed by atoms with Crippen LogP contribution in [0.5, 0.6) is 11.5 Å². The van der Waals surface area contributed by atoms with Crippen LogP contribution in [0, 0.1) is 0 Å². The van der Waals surface area contributed by atoms with Gasteiger partial charge in [0, 0.05) is 31.6 Å². The predicted octanol–water partition coefficient (Wildman–Crippen LogP) is 3.37. The average molecular weight is 477 g/mol. The molecule has 0 fully saturated rings. The molecule has 2 aromatic rings. The lowest BCUT2D eigenvalue weighted by Gasteiger charge is -2.37. The fourth-order valence-corrected chi connectivity index (χ4v) is 5.17. The number of amides is 1. The Morgan fingerprint density at radius 1 is 1.27 bits per heavy atom. The van der Waals surface area contributed by atoms with E-state index in [4.69, 9.17) is 14.2 Å². The molecule has 33 heavy (non-hydrogen) atoms. The summed E-state index contributed by atoms with van der Waals surface area (Å²) in [5.41, 5.74) is 1.16. The normalized spacial score (nSPS) is 16.5. The van der Waals surface area contributed by atoms with E-state index in [1.54, 1.807) is 25.6 Å². The molecule has 1 aliphatic heterocycles. The molecule has 182 valence electrons. The van der Waals surface area contributed by atoms with Crippen LogP contribution in [0.2, 0.25) is 0 Å². The number of rotatable bonds is 13. The standard InChI is InChI=1S/C25H36N2O5S/c1-4-7-19(28)16-26(13-14-30-2)17-25(29)27-12-10-24-20(11-15-33-24)21(27)18-32-23-9-6-5-8-22(23)31-3/h5-6,8-9,11,15,19,21,28H,4,7,10,12-14,16-18H2,1-3H3. The second-order valence-corrected chi connectivity index (χ2v) is 9.28. The largest absolute Gasteiger partial charge is 0.493 e. The molecular weight excluding hydrogens is 440 g/mol. The number of carbonyl (C=O) groups excluding carboxylic acids is 1. The van der Waals surface area contributed by atoms with Crippen LogP contribution in [-0.4, -0.2) is 80.5 Å². The van der Waals surface area contributed by atoms with Gasteiger partial charge in [-0.1, -0.05) is 25.5 Å². The lowest BCUT2D eigenvalue weighted by molar-refractivity contribution is -0.136. The molecule has 0 saturated carbocycles. The highest BCUT2D eigenvalue weighted by Crippen LogP contribution is 2.35. The van der Waals surface area contributed by atoms with E-state index < -0.39 is 6.10 Å². The van der Waals surface area contributed by atoms with E-state index in [0.29, 0.717) is 44.3 Å². The van der Waals surface area contributed by atoms with Gasteiger partial charge in [0.05, 0.1) is 32.4 Å². The van der Waals surface area contributed by atoms with Crippen LogP contribution in [0.25, 0.3) is 0 Å². The highest BCUT2D eigenvalue weighted by atomic mass is 32.1. The summed E-state index contributed by atoms with van der Waals surface area (Å²) in [6, 6.07) is 9.49. The maximum Gasteiger partial charge on any atom is 0.237 e. The Kier molecular flexibility index (Phi) is 9.99. The second kappa shape index (κ2) is 12.9. The van der Waals surface area contributed by atoms with Gasteiger partial charge in [-0.3, -0.25) is 9.69 Å². The van der Waals surface area contributed by atoms with Gasteiger partial charge in [0.15, 0.2) is 11.5 Å². The van der Waals surface area contributed by atoms with Gasteiger partial charge in [-0.25, -0.2) is 0 Å². The number of hydrogen-bond donors (Lipinski definition) is 1. The van der Waals surface area contributed by atoms with Crippen molar-refractivity contribution >= 4 is 17.2 Å². The highest BCUT2D eigenvalue weighted by molar-refractivity contribution is 7.10. The molecule has 0 radical (unpaired) electrons. The Hall–Kier alpha value is -2.13. The Morgan fingerprint density at radius 2 is 2.06 bits per heavy atom. The first-order valence-corrected chi connectivity index (χ1v) is 12.5. The van der Waals surface area contributed by atoms with Crippen molar-refractivity contribution in [3.05, 3.63) is 46.2 Å². The lowest BCUT2D eigenvalue weighted by atomic mass is 10.0. The molecule has 0 aliphatic carbocycles. The van der Waals surface area contributed by atoms with Crippen LogP contribution in [0.4, 0.5) is 0 Å². The van der Waals surface area contributed by atoms with E-state index in [2.05, 4.69) is 11.4 Å². The number of aliphatic hydroxyl groups is 1. The molecule has 0 bridgehead atoms. The zero-order valence-corrected chi connectivity index (χ0v) is 20.7. The van der Waals surface area contributed by atoms with Gasteiger partial charge in [0.2, 0.25) is 5.91 Å². The van der Waals surface area contributed by atoms with Crippen molar-refractivity contribution in [2.75, 3.05) is 53.6 Å². The summed E-state index contributed by atoms with van der Waals surface area (Å²) in [5, 5.41) is 12.4. The van der Waals surface area contributed by atoms with E-state index in [0.717, 1.165) is 24.8 Å². The van der Waals surface area contributed by atoms with E-state index >= 15 is 0 Å². The number of para-hydroxylation sites is 2. The van der Waals surface area contributed by atoms with E-state index in [-0.39, 0.29) is 18.5 Å². The number of methoxy groups -OCH3 is 2. The Labute approximate surface area is 200 Å². The van der Waals surface area contributed by atoms with Gasteiger partial charge < -0.3 is 24.2 Å². The predicted molar refractivity (Wildman–Crippen MR) is 130 cm³/mol. The quantitative estimate of drug-likeness (QED) is 0.478. The number of carbonyl (C=O) groups is 1. The molecular formula is C25H36N2O5S. The summed E-state index contributed by atoms with van der Waals surface area (Å²) < 4.78 is 16.8. The molecule has 3 rings (SSSR count). The number of aliphatic hydroxyl groups excluding tert-OH is 1. The Balaban J connectivity index is 1.73. The summed E-state index contributed by atoms with van der Waals surface area (Å²) in [4.78, 5) is 18.7. The van der Waals surface area contributed by atoms with Gasteiger partial charge in [-0.05, 0) is 42.0 Å². The summed E-state index contributed by atoms with van der Waals surface area (Å²) in [7, 11) is 3.27. The number of ether oxygens (including phenoxy) is 3. The topological polar surface area (TPSA) is 71.5 Å². The molecule has 0 saturated heterocycles. The van der Waals surface area contributed by atoms with Crippen molar-refractivity contribution in [1.29, 1.82) is 0 Å². The van der Waals surface area contributed by atoms with E-state index in [1.807, 2.05) is 41.0 Å². The van der Waals surface area contributed by atoms with Gasteiger partial charge in [-0.2, -0.15) is 0 Å². The van der Waals surface area contributed by atoms with Crippen molar-refractivity contribution in [1.82, 2.24) is 9.80 Å². The molecule has 2 heterocycles. The SMILES string of the molecule is CCCC(O)CN(CCOC)CC(=O)N1CCc2sccc2C1COc1ccccc1OC. The van der Waals surface area contributed by atoms with Crippen LogP contribution >= 0.6 is 11.3 Å². The van der Waals surface area contributed by atoms with Gasteiger partial charge in [0.25, 0.3) is 0 Å². The minimum Gasteiger partial charge on any atom is -0.493 e. The molecule has 1 N–H and O–H groups in total. The Bertz CT molecular complexity index is 874. The maximum atomic E-state index is 13.5. The van der Waals surface area contributed by atoms with E-state index in [9.17, 15) is 9.90 Å². The molecule has 8 heteroatoms. The lowest BCUT2D eigenvalue weighted by Crippen LogP contribution is -2.48. The van der Waals surface area contributed by atoms with Crippen molar-refractivity contribution in [3.63, 3.8) is 0 Å². The van der Waals surface area contributed by atoms with E-state index in [1.165, 1.54) is 4.88 Å². The summed E-state index contributed by atoms with van der Waals surface area (Å²) in [6.45, 7) is 4.88. The minimum atomic E-state index is -0.450. The average Bonchev–Trinajstić information content (AvgIpc) is 3.30. The molecule has 1 amide bonds. The number of nitrogens with zero attached hydrogens (tertiary/aromatic N) is 2. The first-order valence-electron chi connectivity index (χ1n) is 11.6. The second-order valence-electron chi connectivity index (χ2n) is 8.28. The van der Waals surface area contributed by atoms with Crippen molar-refractivity contribution in [3.8, 4) is 11.5 Å². The monoisotopic (exact) mass is 476 g/mol. The third-order valence-corrected chi connectivity index (χ3v) is 6.94. The zero-order valence-electron chi connectivity index (χ0n) is 19.9. The third-order valence-electron chi connectivity index (χ3n) is 5.94. The molecule has 1 aromatic carbocycles. The van der Waals surface area contributed by atoms with Crippen LogP contribution in [-0.2, 0) is 16.0 Å². The molecule has 7 nitrogen and oxygen atoms in total. The zero-order chi connectivity index (χ0) is 23.6. The molecule has 2 unspecified atom stereocenters. The van der Waals surface area contributed by atoms with Crippen molar-refractivity contribution in [2.24, 2.45) is 0 Å². The van der Waals surface area contributed by atoms with Gasteiger partial charge >= 0.3 is 0 Å². The van der Waals surface area contributed by atoms with Crippen LogP contribution < -0.4 is 9.47 Å². The molecule has 0 spiro atoms. The number of hydrogen-bond acceptors (Lipinski definition) is 7. The summed E-state index contributed by atoms with van der Waals surface area (Å²) in [6.07, 6.45) is 2.02. The first-order chi connectivity index (χ1) is 16.1. The minimum absolute atomic E-state index is 0.0419. The number of thiophene rings is 1. The fourth-order valence-electron chi connectivity index (χ4n) is 4.24. The molecule has 1 aliphatic rings. The molecule has 2 atom stereocenters. The van der Waals surface area contributed by atoms with Gasteiger partial charge in [0.1, 0.15) is 6.61 Å². The van der Waals surface area contributed by atoms with Crippen LogP contribution in [0.1, 0.15) is 36.2 Å². The highest BCUT2D eigenvalue weighted by Gasteiger charge is 2.33. The maximum absolute atomic E-state index is 13.5. The summed E-state index contributed by atoms with van der Waals surface area (Å²) >= 11 is 1.73. The van der Waals surface area contributed by atoms with Crippen molar-refractivity contribution in [2.45, 2.75) is 38.3 Å². The van der Waals surface area contributed by atoms with Gasteiger partial charge in [-0.15, -0.1) is 11.3 Å². The Morgan fingerprint density at radius 3 is 2.79 bits per heavy atom.